The molecule has 2 aliphatic carbocycles. The van der Waals surface area contributed by atoms with E-state index in [0.717, 1.165) is 40.5 Å². The average Bonchev–Trinajstić information content (AvgIpc) is 3.67. The molecule has 0 amide bonds. The fourth-order valence-corrected chi connectivity index (χ4v) is 10.1. The lowest BCUT2D eigenvalue weighted by Crippen LogP contribution is -2.34. The lowest BCUT2D eigenvalue weighted by Gasteiger charge is -2.39. The van der Waals surface area contributed by atoms with E-state index in [0.29, 0.717) is 0 Å². The van der Waals surface area contributed by atoms with Gasteiger partial charge in [0.15, 0.2) is 0 Å². The number of allylic oxidation sites excluding steroid dienone is 4. The summed E-state index contributed by atoms with van der Waals surface area (Å²) in [5.74, 6) is 0.239. The van der Waals surface area contributed by atoms with E-state index in [1.54, 1.807) is 0 Å². The van der Waals surface area contributed by atoms with E-state index < -0.39 is 5.41 Å². The van der Waals surface area contributed by atoms with Crippen molar-refractivity contribution in [2.24, 2.45) is 5.92 Å². The van der Waals surface area contributed by atoms with Crippen molar-refractivity contribution in [3.63, 3.8) is 0 Å². The number of anilines is 6. The van der Waals surface area contributed by atoms with Crippen LogP contribution in [0.1, 0.15) is 28.7 Å². The third kappa shape index (κ3) is 6.87. The molecule has 0 spiro atoms. The van der Waals surface area contributed by atoms with Gasteiger partial charge in [0.2, 0.25) is 0 Å². The Balaban J connectivity index is 1.02. The zero-order valence-corrected chi connectivity index (χ0v) is 35.0. The second-order valence-electron chi connectivity index (χ2n) is 16.5. The molecule has 63 heavy (non-hydrogen) atoms. The quantitative estimate of drug-likeness (QED) is 0.136. The van der Waals surface area contributed by atoms with Gasteiger partial charge in [-0.05, 0) is 129 Å². The molecule has 0 aliphatic heterocycles. The maximum Gasteiger partial charge on any atom is 0.0528 e. The molecule has 0 heterocycles. The molecule has 0 N–H and O–H groups in total. The van der Waals surface area contributed by atoms with Gasteiger partial charge in [0.1, 0.15) is 0 Å². The molecule has 0 fully saturated rings. The Morgan fingerprint density at radius 2 is 0.683 bits per heavy atom. The molecule has 2 aliphatic rings. The number of fused-ring (bicyclic) bond motifs is 3. The summed E-state index contributed by atoms with van der Waals surface area (Å²) in [6.07, 6.45) is 7.90. The Kier molecular flexibility index (Phi) is 9.95. The molecule has 9 aromatic rings. The number of benzene rings is 9. The molecule has 0 saturated carbocycles. The molecular formula is C61H46N2. The highest BCUT2D eigenvalue weighted by molar-refractivity contribution is 5.86. The fourth-order valence-electron chi connectivity index (χ4n) is 10.1. The third-order valence-corrected chi connectivity index (χ3v) is 13.0. The SMILES string of the molecule is C1=CCC2C(=C1)c1ccccc1C2(c1ccc(N(c2ccccc2)c2ccc(-c3ccccc3)cc2)cc1)c1ccc(N(c2ccccc2)c2ccc(-c3ccccc3)cc2)cc1. The van der Waals surface area contributed by atoms with Crippen LogP contribution in [0.5, 0.6) is 0 Å². The molecule has 0 saturated heterocycles. The standard InChI is InChI=1S/C61H46N2/c1-5-17-45(18-6-1)47-29-37-53(38-30-47)62(51-21-9-3-10-22-51)55-41-33-49(34-42-55)61(59-27-15-13-25-57(59)58-26-14-16-28-60(58)61)50-35-43-56(44-36-50)63(52-23-11-4-12-24-52)54-39-31-48(32-40-54)46-19-7-2-8-20-46/h1-27,29-44,60H,28H2. The third-order valence-electron chi connectivity index (χ3n) is 13.0. The predicted molar refractivity (Wildman–Crippen MR) is 265 cm³/mol. The Hall–Kier alpha value is -7.94. The smallest absolute Gasteiger partial charge is 0.0528 e. The van der Waals surface area contributed by atoms with Crippen molar-refractivity contribution in [2.75, 3.05) is 9.80 Å². The average molecular weight is 807 g/mol. The van der Waals surface area contributed by atoms with Crippen LogP contribution in [0.2, 0.25) is 0 Å². The normalized spacial score (nSPS) is 14.6. The fraction of sp³-hybridized carbons (Fsp3) is 0.0492. The van der Waals surface area contributed by atoms with Crippen LogP contribution in [0.25, 0.3) is 27.8 Å². The van der Waals surface area contributed by atoms with E-state index in [1.807, 2.05) is 0 Å². The molecule has 300 valence electrons. The Morgan fingerprint density at radius 1 is 0.333 bits per heavy atom. The van der Waals surface area contributed by atoms with Crippen molar-refractivity contribution in [3.8, 4) is 22.3 Å². The molecule has 2 nitrogen and oxygen atoms in total. The predicted octanol–water partition coefficient (Wildman–Crippen LogP) is 16.3. The van der Waals surface area contributed by atoms with Crippen molar-refractivity contribution in [1.29, 1.82) is 0 Å². The van der Waals surface area contributed by atoms with Crippen LogP contribution in [0.15, 0.2) is 261 Å². The van der Waals surface area contributed by atoms with E-state index in [9.17, 15) is 0 Å². The zero-order chi connectivity index (χ0) is 42.0. The maximum absolute atomic E-state index is 2.39. The first-order valence-corrected chi connectivity index (χ1v) is 21.9. The molecular weight excluding hydrogens is 761 g/mol. The monoisotopic (exact) mass is 806 g/mol. The summed E-state index contributed by atoms with van der Waals surface area (Å²) < 4.78 is 0. The molecule has 1 atom stereocenters. The molecule has 1 unspecified atom stereocenters. The molecule has 9 aromatic carbocycles. The molecule has 11 rings (SSSR count). The van der Waals surface area contributed by atoms with Crippen LogP contribution in [0, 0.1) is 5.92 Å². The van der Waals surface area contributed by atoms with E-state index in [1.165, 1.54) is 50.1 Å². The highest BCUT2D eigenvalue weighted by Gasteiger charge is 2.51. The van der Waals surface area contributed by atoms with Gasteiger partial charge in [-0.2, -0.15) is 0 Å². The summed E-state index contributed by atoms with van der Waals surface area (Å²) in [5, 5.41) is 0. The number of rotatable bonds is 10. The summed E-state index contributed by atoms with van der Waals surface area (Å²) in [5.41, 5.74) is 17.8. The summed E-state index contributed by atoms with van der Waals surface area (Å²) in [4.78, 5) is 4.73. The maximum atomic E-state index is 2.39. The lowest BCUT2D eigenvalue weighted by molar-refractivity contribution is 0.484. The van der Waals surface area contributed by atoms with Crippen molar-refractivity contribution in [2.45, 2.75) is 11.8 Å². The van der Waals surface area contributed by atoms with Crippen LogP contribution in [0.4, 0.5) is 34.1 Å². The first-order chi connectivity index (χ1) is 31.3. The first-order valence-electron chi connectivity index (χ1n) is 21.9. The van der Waals surface area contributed by atoms with E-state index >= 15 is 0 Å². The number of hydrogen-bond donors (Lipinski definition) is 0. The molecule has 0 bridgehead atoms. The second-order valence-corrected chi connectivity index (χ2v) is 16.5. The number of hydrogen-bond acceptors (Lipinski definition) is 2. The van der Waals surface area contributed by atoms with Crippen molar-refractivity contribution >= 4 is 39.7 Å². The summed E-state index contributed by atoms with van der Waals surface area (Å²) in [6.45, 7) is 0. The number of nitrogens with zero attached hydrogens (tertiary/aromatic N) is 2. The minimum Gasteiger partial charge on any atom is -0.311 e. The Bertz CT molecular complexity index is 2860. The van der Waals surface area contributed by atoms with Gasteiger partial charge < -0.3 is 9.80 Å². The molecule has 2 heteroatoms. The van der Waals surface area contributed by atoms with Crippen LogP contribution in [-0.2, 0) is 5.41 Å². The van der Waals surface area contributed by atoms with E-state index in [4.69, 9.17) is 0 Å². The van der Waals surface area contributed by atoms with Crippen LogP contribution in [0.3, 0.4) is 0 Å². The highest BCUT2D eigenvalue weighted by atomic mass is 15.1. The van der Waals surface area contributed by atoms with E-state index in [2.05, 4.69) is 271 Å². The van der Waals surface area contributed by atoms with Gasteiger partial charge in [0.05, 0.1) is 5.41 Å². The largest absolute Gasteiger partial charge is 0.311 e. The highest BCUT2D eigenvalue weighted by Crippen LogP contribution is 2.60. The van der Waals surface area contributed by atoms with E-state index in [-0.39, 0.29) is 5.92 Å². The van der Waals surface area contributed by atoms with Crippen molar-refractivity contribution < 1.29 is 0 Å². The minimum atomic E-state index is -0.409. The van der Waals surface area contributed by atoms with Gasteiger partial charge in [-0.1, -0.05) is 188 Å². The first kappa shape index (κ1) is 38.0. The van der Waals surface area contributed by atoms with Crippen LogP contribution >= 0.6 is 0 Å². The second kappa shape index (κ2) is 16.5. The van der Waals surface area contributed by atoms with Crippen LogP contribution in [-0.4, -0.2) is 0 Å². The van der Waals surface area contributed by atoms with Crippen molar-refractivity contribution in [1.82, 2.24) is 0 Å². The minimum absolute atomic E-state index is 0.239. The van der Waals surface area contributed by atoms with Gasteiger partial charge in [0, 0.05) is 40.0 Å². The number of para-hydroxylation sites is 2. The lowest BCUT2D eigenvalue weighted by atomic mass is 9.63. The summed E-state index contributed by atoms with van der Waals surface area (Å²) in [6, 6.07) is 88.4. The van der Waals surface area contributed by atoms with Gasteiger partial charge in [-0.15, -0.1) is 0 Å². The van der Waals surface area contributed by atoms with Crippen molar-refractivity contribution in [3.05, 3.63) is 283 Å². The molecule has 0 radical (unpaired) electrons. The molecule has 0 aromatic heterocycles. The Labute approximate surface area is 371 Å². The Morgan fingerprint density at radius 3 is 1.13 bits per heavy atom. The van der Waals surface area contributed by atoms with Gasteiger partial charge >= 0.3 is 0 Å². The zero-order valence-electron chi connectivity index (χ0n) is 35.0. The van der Waals surface area contributed by atoms with Gasteiger partial charge in [-0.25, -0.2) is 0 Å². The van der Waals surface area contributed by atoms with Gasteiger partial charge in [-0.3, -0.25) is 0 Å². The summed E-state index contributed by atoms with van der Waals surface area (Å²) >= 11 is 0. The topological polar surface area (TPSA) is 6.48 Å². The van der Waals surface area contributed by atoms with Crippen LogP contribution < -0.4 is 9.80 Å². The van der Waals surface area contributed by atoms with Gasteiger partial charge in [0.25, 0.3) is 0 Å². The summed E-state index contributed by atoms with van der Waals surface area (Å²) in [7, 11) is 0.